The van der Waals surface area contributed by atoms with E-state index >= 15 is 0 Å². The molecule has 0 amide bonds. The molecule has 2 unspecified atom stereocenters. The van der Waals surface area contributed by atoms with Gasteiger partial charge < -0.3 is 15.3 Å². The third-order valence-corrected chi connectivity index (χ3v) is 1.30. The van der Waals surface area contributed by atoms with Gasteiger partial charge in [-0.2, -0.15) is 0 Å². The van der Waals surface area contributed by atoms with E-state index in [2.05, 4.69) is 0 Å². The van der Waals surface area contributed by atoms with Crippen molar-refractivity contribution in [2.75, 3.05) is 0 Å². The maximum Gasteiger partial charge on any atom is 0.339 e. The zero-order valence-electron chi connectivity index (χ0n) is 6.31. The second-order valence-corrected chi connectivity index (χ2v) is 2.28. The number of carboxylic acids is 3. The predicted octanol–water partition coefficient (Wildman–Crippen LogP) is -0.415. The summed E-state index contributed by atoms with van der Waals surface area (Å²) in [5.74, 6) is -7.36. The number of hydrogen-bond donors (Lipinski definition) is 3. The maximum absolute atomic E-state index is 12.6. The Morgan fingerprint density at radius 2 is 1.54 bits per heavy atom. The molecule has 6 nitrogen and oxygen atoms in total. The van der Waals surface area contributed by atoms with Crippen molar-refractivity contribution in [3.8, 4) is 0 Å². The Hall–Kier alpha value is -1.66. The molecule has 0 aliphatic heterocycles. The fourth-order valence-electron chi connectivity index (χ4n) is 0.676. The van der Waals surface area contributed by atoms with Crippen molar-refractivity contribution in [2.24, 2.45) is 5.92 Å². The molecule has 13 heavy (non-hydrogen) atoms. The van der Waals surface area contributed by atoms with Crippen LogP contribution in [0.25, 0.3) is 0 Å². The fourth-order valence-corrected chi connectivity index (χ4v) is 0.676. The molecule has 0 aromatic rings. The lowest BCUT2D eigenvalue weighted by Gasteiger charge is -2.10. The molecule has 0 heterocycles. The van der Waals surface area contributed by atoms with E-state index in [0.717, 1.165) is 0 Å². The van der Waals surface area contributed by atoms with Crippen molar-refractivity contribution in [3.05, 3.63) is 0 Å². The molecule has 0 aliphatic rings. The molecule has 0 aromatic carbocycles. The first-order valence-electron chi connectivity index (χ1n) is 3.17. The van der Waals surface area contributed by atoms with Crippen LogP contribution in [0.4, 0.5) is 4.39 Å². The largest absolute Gasteiger partial charge is 0.481 e. The Balaban J connectivity index is 4.51. The maximum atomic E-state index is 12.6. The van der Waals surface area contributed by atoms with Crippen LogP contribution in [0.5, 0.6) is 0 Å². The Morgan fingerprint density at radius 1 is 1.08 bits per heavy atom. The van der Waals surface area contributed by atoms with Crippen molar-refractivity contribution in [1.29, 1.82) is 0 Å². The minimum Gasteiger partial charge on any atom is -0.481 e. The molecule has 7 heteroatoms. The summed E-state index contributed by atoms with van der Waals surface area (Å²) in [4.78, 5) is 30.2. The second-order valence-electron chi connectivity index (χ2n) is 2.28. The molecule has 0 radical (unpaired) electrons. The number of alkyl halides is 1. The van der Waals surface area contributed by atoms with Gasteiger partial charge in [-0.1, -0.05) is 0 Å². The summed E-state index contributed by atoms with van der Waals surface area (Å²) in [6.45, 7) is 0. The van der Waals surface area contributed by atoms with Crippen LogP contribution in [0.15, 0.2) is 0 Å². The first-order chi connectivity index (χ1) is 5.86. The van der Waals surface area contributed by atoms with Crippen LogP contribution < -0.4 is 0 Å². The monoisotopic (exact) mass is 194 g/mol. The molecule has 0 saturated heterocycles. The Kier molecular flexibility index (Phi) is 3.83. The number of carboxylic acid groups (broad SMARTS) is 3. The molecule has 3 N–H and O–H groups in total. The van der Waals surface area contributed by atoms with E-state index in [1.807, 2.05) is 0 Å². The van der Waals surface area contributed by atoms with E-state index in [1.165, 1.54) is 0 Å². The van der Waals surface area contributed by atoms with Gasteiger partial charge in [0.25, 0.3) is 0 Å². The van der Waals surface area contributed by atoms with Crippen molar-refractivity contribution in [2.45, 2.75) is 12.6 Å². The fraction of sp³-hybridized carbons (Fsp3) is 0.500. The molecule has 0 aromatic heterocycles. The molecule has 0 aliphatic carbocycles. The van der Waals surface area contributed by atoms with Crippen LogP contribution in [-0.2, 0) is 14.4 Å². The number of carbonyl (C=O) groups is 3. The normalized spacial score (nSPS) is 14.5. The van der Waals surface area contributed by atoms with Crippen LogP contribution in [-0.4, -0.2) is 39.4 Å². The third-order valence-electron chi connectivity index (χ3n) is 1.30. The highest BCUT2D eigenvalue weighted by atomic mass is 19.1. The van der Waals surface area contributed by atoms with Gasteiger partial charge in [-0.05, 0) is 0 Å². The third kappa shape index (κ3) is 3.50. The van der Waals surface area contributed by atoms with Crippen LogP contribution in [0.1, 0.15) is 6.42 Å². The van der Waals surface area contributed by atoms with Gasteiger partial charge in [-0.25, -0.2) is 9.18 Å². The highest BCUT2D eigenvalue weighted by Crippen LogP contribution is 2.13. The summed E-state index contributed by atoms with van der Waals surface area (Å²) in [7, 11) is 0. The summed E-state index contributed by atoms with van der Waals surface area (Å²) in [6.07, 6.45) is -3.75. The van der Waals surface area contributed by atoms with Gasteiger partial charge in [0.15, 0.2) is 0 Å². The SMILES string of the molecule is O=C(O)CC(C(=O)O)C(F)C(=O)O. The minimum absolute atomic E-state index is 1.05. The number of halogens is 1. The zero-order valence-corrected chi connectivity index (χ0v) is 6.31. The highest BCUT2D eigenvalue weighted by Gasteiger charge is 2.35. The number of aliphatic carboxylic acids is 3. The van der Waals surface area contributed by atoms with E-state index in [1.54, 1.807) is 0 Å². The quantitative estimate of drug-likeness (QED) is 0.548. The molecule has 0 saturated carbocycles. The lowest BCUT2D eigenvalue weighted by molar-refractivity contribution is -0.158. The average Bonchev–Trinajstić information content (AvgIpc) is 1.97. The molecule has 2 atom stereocenters. The van der Waals surface area contributed by atoms with Crippen molar-refractivity contribution in [3.63, 3.8) is 0 Å². The van der Waals surface area contributed by atoms with Gasteiger partial charge in [0.2, 0.25) is 6.17 Å². The summed E-state index contributed by atoms with van der Waals surface area (Å²) >= 11 is 0. The average molecular weight is 194 g/mol. The van der Waals surface area contributed by atoms with Gasteiger partial charge >= 0.3 is 17.9 Å². The van der Waals surface area contributed by atoms with E-state index in [9.17, 15) is 18.8 Å². The Labute approximate surface area is 71.6 Å². The van der Waals surface area contributed by atoms with Gasteiger partial charge in [0, 0.05) is 0 Å². The standard InChI is InChI=1S/C6H7FO6/c7-4(6(12)13)2(5(10)11)1-3(8)9/h2,4H,1H2,(H,8,9)(H,10,11)(H,12,13). The highest BCUT2D eigenvalue weighted by molar-refractivity contribution is 5.85. The van der Waals surface area contributed by atoms with Gasteiger partial charge in [-0.3, -0.25) is 9.59 Å². The predicted molar refractivity (Wildman–Crippen MR) is 35.9 cm³/mol. The molecule has 0 fully saturated rings. The van der Waals surface area contributed by atoms with Gasteiger partial charge in [0.1, 0.15) is 5.92 Å². The summed E-state index contributed by atoms with van der Waals surface area (Å²) in [5, 5.41) is 24.5. The molecular weight excluding hydrogens is 187 g/mol. The van der Waals surface area contributed by atoms with Gasteiger partial charge in [-0.15, -0.1) is 0 Å². The van der Waals surface area contributed by atoms with Crippen LogP contribution >= 0.6 is 0 Å². The van der Waals surface area contributed by atoms with Crippen LogP contribution in [0.3, 0.4) is 0 Å². The van der Waals surface area contributed by atoms with Crippen molar-refractivity contribution in [1.82, 2.24) is 0 Å². The van der Waals surface area contributed by atoms with E-state index in [4.69, 9.17) is 15.3 Å². The molecule has 0 spiro atoms. The molecule has 0 bridgehead atoms. The Bertz CT molecular complexity index is 237. The van der Waals surface area contributed by atoms with Crippen molar-refractivity contribution < 1.29 is 34.1 Å². The van der Waals surface area contributed by atoms with Gasteiger partial charge in [0.05, 0.1) is 6.42 Å². The first-order valence-corrected chi connectivity index (χ1v) is 3.17. The Morgan fingerprint density at radius 3 is 1.77 bits per heavy atom. The zero-order chi connectivity index (χ0) is 10.6. The van der Waals surface area contributed by atoms with E-state index in [-0.39, 0.29) is 0 Å². The lowest BCUT2D eigenvalue weighted by Crippen LogP contribution is -2.33. The van der Waals surface area contributed by atoms with Crippen LogP contribution in [0, 0.1) is 5.92 Å². The van der Waals surface area contributed by atoms with E-state index in [0.29, 0.717) is 0 Å². The molecular formula is C6H7FO6. The molecule has 0 rings (SSSR count). The smallest absolute Gasteiger partial charge is 0.339 e. The summed E-state index contributed by atoms with van der Waals surface area (Å²) in [6, 6.07) is 0. The number of rotatable bonds is 5. The minimum atomic E-state index is -2.70. The van der Waals surface area contributed by atoms with Crippen molar-refractivity contribution >= 4 is 17.9 Å². The topological polar surface area (TPSA) is 112 Å². The lowest BCUT2D eigenvalue weighted by atomic mass is 10.0. The summed E-state index contributed by atoms with van der Waals surface area (Å²) in [5.41, 5.74) is 0. The van der Waals surface area contributed by atoms with Crippen LogP contribution in [0.2, 0.25) is 0 Å². The second kappa shape index (κ2) is 4.39. The first kappa shape index (κ1) is 11.3. The number of hydrogen-bond acceptors (Lipinski definition) is 3. The van der Waals surface area contributed by atoms with E-state index < -0.39 is 36.4 Å². The molecule has 74 valence electrons. The summed E-state index contributed by atoms with van der Waals surface area (Å²) < 4.78 is 12.6.